The zero-order valence-corrected chi connectivity index (χ0v) is 19.8. The third-order valence-corrected chi connectivity index (χ3v) is 8.86. The normalized spacial score (nSPS) is 24.0. The molecule has 8 nitrogen and oxygen atoms in total. The van der Waals surface area contributed by atoms with Gasteiger partial charge in [-0.05, 0) is 50.3 Å². The van der Waals surface area contributed by atoms with E-state index in [1.54, 1.807) is 19.1 Å². The molecule has 0 bridgehead atoms. The summed E-state index contributed by atoms with van der Waals surface area (Å²) in [5.41, 5.74) is 1.01. The molecular formula is C24H31N3O5S. The summed E-state index contributed by atoms with van der Waals surface area (Å²) in [6.07, 6.45) is 8.70. The fourth-order valence-electron chi connectivity index (χ4n) is 4.90. The molecule has 1 aromatic carbocycles. The lowest BCUT2D eigenvalue weighted by Crippen LogP contribution is -2.34. The molecule has 178 valence electrons. The minimum atomic E-state index is -3.65. The van der Waals surface area contributed by atoms with Crippen molar-refractivity contribution in [2.24, 2.45) is 11.8 Å². The lowest BCUT2D eigenvalue weighted by molar-refractivity contribution is -0.140. The van der Waals surface area contributed by atoms with Gasteiger partial charge in [0.05, 0.1) is 16.7 Å². The van der Waals surface area contributed by atoms with Crippen LogP contribution in [0, 0.1) is 18.8 Å². The van der Waals surface area contributed by atoms with Gasteiger partial charge in [-0.25, -0.2) is 8.42 Å². The molecule has 2 fully saturated rings. The van der Waals surface area contributed by atoms with Gasteiger partial charge in [-0.2, -0.15) is 4.31 Å². The topological polar surface area (TPSA) is 104 Å². The van der Waals surface area contributed by atoms with Crippen molar-refractivity contribution in [2.45, 2.75) is 56.8 Å². The van der Waals surface area contributed by atoms with Crippen molar-refractivity contribution in [3.63, 3.8) is 0 Å². The van der Waals surface area contributed by atoms with E-state index >= 15 is 0 Å². The molecule has 2 saturated heterocycles. The monoisotopic (exact) mass is 473 g/mol. The lowest BCUT2D eigenvalue weighted by Gasteiger charge is -2.21. The highest BCUT2D eigenvalue weighted by molar-refractivity contribution is 7.89. The number of nitrogens with one attached hydrogen (secondary N) is 1. The van der Waals surface area contributed by atoms with E-state index in [1.807, 2.05) is 12.2 Å². The first-order valence-electron chi connectivity index (χ1n) is 11.7. The first-order chi connectivity index (χ1) is 15.8. The van der Waals surface area contributed by atoms with E-state index in [4.69, 9.17) is 0 Å². The van der Waals surface area contributed by atoms with E-state index < -0.39 is 10.0 Å². The second-order valence-corrected chi connectivity index (χ2v) is 11.0. The fraction of sp³-hybridized carbons (Fsp3) is 0.542. The quantitative estimate of drug-likeness (QED) is 0.505. The van der Waals surface area contributed by atoms with Crippen molar-refractivity contribution in [3.05, 3.63) is 35.9 Å². The Bertz CT molecular complexity index is 1050. The maximum absolute atomic E-state index is 13.2. The Morgan fingerprint density at radius 1 is 1.00 bits per heavy atom. The Hall–Kier alpha value is -2.52. The molecule has 1 N–H and O–H groups in total. The highest BCUT2D eigenvalue weighted by Crippen LogP contribution is 2.35. The highest BCUT2D eigenvalue weighted by atomic mass is 32.2. The molecule has 2 aliphatic heterocycles. The second-order valence-electron chi connectivity index (χ2n) is 9.08. The van der Waals surface area contributed by atoms with Crippen LogP contribution in [0.25, 0.3) is 0 Å². The number of allylic oxidation sites excluding steroid dienone is 2. The first kappa shape index (κ1) is 23.6. The Balaban J connectivity index is 1.41. The smallest absolute Gasteiger partial charge is 0.243 e. The van der Waals surface area contributed by atoms with E-state index in [1.165, 1.54) is 15.3 Å². The SMILES string of the molecule is Cc1ccc(NC(=O)CCN2C(=O)[C@H]3CC=CC[C@@H]3C2=O)cc1S(=O)(=O)N1CCCCCC1. The van der Waals surface area contributed by atoms with Crippen LogP contribution in [-0.2, 0) is 24.4 Å². The summed E-state index contributed by atoms with van der Waals surface area (Å²) in [6, 6.07) is 4.85. The molecule has 2 atom stereocenters. The third-order valence-electron chi connectivity index (χ3n) is 6.82. The van der Waals surface area contributed by atoms with Crippen molar-refractivity contribution >= 4 is 33.4 Å². The number of sulfonamides is 1. The number of rotatable bonds is 6. The number of benzene rings is 1. The average molecular weight is 474 g/mol. The Morgan fingerprint density at radius 3 is 2.21 bits per heavy atom. The molecule has 33 heavy (non-hydrogen) atoms. The number of fused-ring (bicyclic) bond motifs is 1. The molecule has 2 heterocycles. The van der Waals surface area contributed by atoms with Gasteiger partial charge >= 0.3 is 0 Å². The molecule has 4 rings (SSSR count). The summed E-state index contributed by atoms with van der Waals surface area (Å²) in [7, 11) is -3.65. The van der Waals surface area contributed by atoms with Crippen LogP contribution in [0.5, 0.6) is 0 Å². The number of amides is 3. The molecule has 0 saturated carbocycles. The molecule has 3 aliphatic rings. The van der Waals surface area contributed by atoms with Gasteiger partial charge in [0.1, 0.15) is 0 Å². The second kappa shape index (κ2) is 9.77. The first-order valence-corrected chi connectivity index (χ1v) is 13.1. The number of carbonyl (C=O) groups excluding carboxylic acids is 3. The zero-order chi connectivity index (χ0) is 23.6. The number of hydrogen-bond donors (Lipinski definition) is 1. The maximum Gasteiger partial charge on any atom is 0.243 e. The average Bonchev–Trinajstić information content (AvgIpc) is 2.99. The van der Waals surface area contributed by atoms with Crippen LogP contribution >= 0.6 is 0 Å². The van der Waals surface area contributed by atoms with Gasteiger partial charge in [0.25, 0.3) is 0 Å². The predicted octanol–water partition coefficient (Wildman–Crippen LogP) is 2.84. The van der Waals surface area contributed by atoms with Gasteiger partial charge in [-0.15, -0.1) is 0 Å². The highest BCUT2D eigenvalue weighted by Gasteiger charge is 2.46. The minimum Gasteiger partial charge on any atom is -0.326 e. The minimum absolute atomic E-state index is 0.0291. The molecule has 0 unspecified atom stereocenters. The van der Waals surface area contributed by atoms with Crippen molar-refractivity contribution in [1.82, 2.24) is 9.21 Å². The summed E-state index contributed by atoms with van der Waals surface area (Å²) in [4.78, 5) is 39.1. The van der Waals surface area contributed by atoms with Crippen LogP contribution in [0.1, 0.15) is 50.5 Å². The predicted molar refractivity (Wildman–Crippen MR) is 124 cm³/mol. The van der Waals surface area contributed by atoms with Gasteiger partial charge in [0.2, 0.25) is 27.7 Å². The van der Waals surface area contributed by atoms with Gasteiger partial charge in [0, 0.05) is 31.7 Å². The summed E-state index contributed by atoms with van der Waals surface area (Å²) < 4.78 is 28.0. The van der Waals surface area contributed by atoms with Gasteiger partial charge in [0.15, 0.2) is 0 Å². The number of imide groups is 1. The third kappa shape index (κ3) is 4.89. The lowest BCUT2D eigenvalue weighted by atomic mass is 9.85. The van der Waals surface area contributed by atoms with E-state index in [9.17, 15) is 22.8 Å². The zero-order valence-electron chi connectivity index (χ0n) is 19.0. The van der Waals surface area contributed by atoms with Crippen LogP contribution < -0.4 is 5.32 Å². The standard InChI is InChI=1S/C24H31N3O5S/c1-17-10-11-18(16-21(17)33(31,32)26-13-6-2-3-7-14-26)25-22(28)12-15-27-23(29)19-8-4-5-9-20(19)24(27)30/h4-5,10-11,16,19-20H,2-3,6-9,12-15H2,1H3,(H,25,28)/t19-,20-/m0/s1. The number of carbonyl (C=O) groups is 3. The molecule has 0 aromatic heterocycles. The van der Waals surface area contributed by atoms with Crippen LogP contribution in [0.2, 0.25) is 0 Å². The van der Waals surface area contributed by atoms with Gasteiger partial charge in [-0.3, -0.25) is 19.3 Å². The molecule has 0 radical (unpaired) electrons. The van der Waals surface area contributed by atoms with E-state index in [0.29, 0.717) is 37.2 Å². The Kier molecular flexibility index (Phi) is 6.99. The maximum atomic E-state index is 13.2. The number of hydrogen-bond acceptors (Lipinski definition) is 5. The largest absolute Gasteiger partial charge is 0.326 e. The van der Waals surface area contributed by atoms with E-state index in [2.05, 4.69) is 5.32 Å². The van der Waals surface area contributed by atoms with Gasteiger partial charge < -0.3 is 5.32 Å². The summed E-state index contributed by atoms with van der Waals surface area (Å²) >= 11 is 0. The van der Waals surface area contributed by atoms with Crippen molar-refractivity contribution in [1.29, 1.82) is 0 Å². The van der Waals surface area contributed by atoms with Crippen LogP contribution in [0.15, 0.2) is 35.2 Å². The number of anilines is 1. The molecule has 9 heteroatoms. The fourth-order valence-corrected chi connectivity index (χ4v) is 6.67. The molecule has 0 spiro atoms. The van der Waals surface area contributed by atoms with Crippen molar-refractivity contribution < 1.29 is 22.8 Å². The molecule has 1 aliphatic carbocycles. The van der Waals surface area contributed by atoms with Crippen molar-refractivity contribution in [2.75, 3.05) is 25.0 Å². The number of nitrogens with zero attached hydrogens (tertiary/aromatic N) is 2. The Labute approximate surface area is 195 Å². The molecular weight excluding hydrogens is 442 g/mol. The van der Waals surface area contributed by atoms with Crippen LogP contribution in [-0.4, -0.2) is 55.0 Å². The van der Waals surface area contributed by atoms with E-state index in [0.717, 1.165) is 25.7 Å². The van der Waals surface area contributed by atoms with E-state index in [-0.39, 0.29) is 47.4 Å². The number of likely N-dealkylation sites (tertiary alicyclic amines) is 1. The van der Waals surface area contributed by atoms with Crippen LogP contribution in [0.3, 0.4) is 0 Å². The molecule has 3 amide bonds. The van der Waals surface area contributed by atoms with Gasteiger partial charge in [-0.1, -0.05) is 31.1 Å². The summed E-state index contributed by atoms with van der Waals surface area (Å²) in [5, 5.41) is 2.73. The number of aryl methyl sites for hydroxylation is 1. The summed E-state index contributed by atoms with van der Waals surface area (Å²) in [5.74, 6) is -1.40. The molecule has 1 aromatic rings. The van der Waals surface area contributed by atoms with Crippen LogP contribution in [0.4, 0.5) is 5.69 Å². The summed E-state index contributed by atoms with van der Waals surface area (Å²) in [6.45, 7) is 2.79. The van der Waals surface area contributed by atoms with Crippen molar-refractivity contribution in [3.8, 4) is 0 Å². The Morgan fingerprint density at radius 2 is 1.61 bits per heavy atom.